The normalized spacial score (nSPS) is 16.3. The molecule has 0 saturated carbocycles. The number of hydrogen-bond donors (Lipinski definition) is 1. The van der Waals surface area contributed by atoms with E-state index in [0.717, 1.165) is 56.1 Å². The lowest BCUT2D eigenvalue weighted by Crippen LogP contribution is -2.41. The molecule has 2 aromatic heterocycles. The molecule has 3 heterocycles. The Morgan fingerprint density at radius 1 is 1.36 bits per heavy atom. The van der Waals surface area contributed by atoms with Crippen LogP contribution in [0.1, 0.15) is 25.1 Å². The molecule has 0 bridgehead atoms. The highest BCUT2D eigenvalue weighted by Gasteiger charge is 2.15. The lowest BCUT2D eigenvalue weighted by Gasteiger charge is -2.26. The van der Waals surface area contributed by atoms with Gasteiger partial charge in [0.05, 0.1) is 0 Å². The summed E-state index contributed by atoms with van der Waals surface area (Å²) in [6.07, 6.45) is 6.35. The van der Waals surface area contributed by atoms with Gasteiger partial charge in [0.15, 0.2) is 11.6 Å². The molecule has 0 aliphatic carbocycles. The van der Waals surface area contributed by atoms with Crippen LogP contribution >= 0.6 is 0 Å². The predicted molar refractivity (Wildman–Crippen MR) is 98.8 cm³/mol. The molecule has 7 nitrogen and oxygen atoms in total. The highest BCUT2D eigenvalue weighted by Crippen LogP contribution is 2.18. The number of nitrogens with zero attached hydrogens (tertiary/aromatic N) is 5. The van der Waals surface area contributed by atoms with Crippen molar-refractivity contribution in [3.05, 3.63) is 30.2 Å². The first kappa shape index (κ1) is 17.7. The molecule has 3 rings (SSSR count). The van der Waals surface area contributed by atoms with E-state index in [1.807, 2.05) is 35.8 Å². The van der Waals surface area contributed by atoms with Crippen molar-refractivity contribution in [2.24, 2.45) is 10.9 Å². The average molecular weight is 344 g/mol. The molecule has 136 valence electrons. The molecule has 1 fully saturated rings. The van der Waals surface area contributed by atoms with Gasteiger partial charge in [0.25, 0.3) is 0 Å². The number of aliphatic imine (C=N–C) groups is 1. The van der Waals surface area contributed by atoms with Crippen LogP contribution in [0.5, 0.6) is 0 Å². The monoisotopic (exact) mass is 344 g/mol. The van der Waals surface area contributed by atoms with E-state index in [-0.39, 0.29) is 0 Å². The summed E-state index contributed by atoms with van der Waals surface area (Å²) in [6.45, 7) is 3.61. The Kier molecular flexibility index (Phi) is 6.22. The summed E-state index contributed by atoms with van der Waals surface area (Å²) < 4.78 is 7.46. The van der Waals surface area contributed by atoms with E-state index in [1.165, 1.54) is 19.3 Å². The van der Waals surface area contributed by atoms with Gasteiger partial charge in [-0.3, -0.25) is 9.39 Å². The quantitative estimate of drug-likeness (QED) is 0.637. The molecule has 1 N–H and O–H groups in total. The molecule has 1 aliphatic rings. The van der Waals surface area contributed by atoms with E-state index in [0.29, 0.717) is 0 Å². The highest BCUT2D eigenvalue weighted by atomic mass is 16.5. The van der Waals surface area contributed by atoms with E-state index in [2.05, 4.69) is 32.5 Å². The van der Waals surface area contributed by atoms with Crippen molar-refractivity contribution < 1.29 is 4.74 Å². The molecule has 0 radical (unpaired) electrons. The van der Waals surface area contributed by atoms with Gasteiger partial charge in [0.1, 0.15) is 5.82 Å². The third kappa shape index (κ3) is 4.69. The summed E-state index contributed by atoms with van der Waals surface area (Å²) in [5, 5.41) is 11.9. The van der Waals surface area contributed by atoms with E-state index >= 15 is 0 Å². The van der Waals surface area contributed by atoms with Crippen LogP contribution in [-0.4, -0.2) is 65.9 Å². The topological polar surface area (TPSA) is 67.0 Å². The Balaban J connectivity index is 1.45. The Labute approximate surface area is 149 Å². The summed E-state index contributed by atoms with van der Waals surface area (Å²) in [5.74, 6) is 2.67. The summed E-state index contributed by atoms with van der Waals surface area (Å²) in [4.78, 5) is 6.60. The molecule has 1 aliphatic heterocycles. The minimum atomic E-state index is 0.775. The van der Waals surface area contributed by atoms with Crippen LogP contribution in [0, 0.1) is 5.92 Å². The number of ether oxygens (including phenoxy) is 1. The fourth-order valence-electron chi connectivity index (χ4n) is 3.25. The first-order chi connectivity index (χ1) is 12.3. The number of pyridine rings is 1. The maximum atomic E-state index is 5.43. The van der Waals surface area contributed by atoms with Crippen LogP contribution in [0.2, 0.25) is 0 Å². The molecule has 0 aromatic carbocycles. The maximum absolute atomic E-state index is 5.43. The van der Waals surface area contributed by atoms with Crippen molar-refractivity contribution in [1.82, 2.24) is 24.8 Å². The number of hydrogen-bond acceptors (Lipinski definition) is 4. The number of rotatable bonds is 6. The first-order valence-electron chi connectivity index (χ1n) is 9.06. The predicted octanol–water partition coefficient (Wildman–Crippen LogP) is 1.60. The average Bonchev–Trinajstić information content (AvgIpc) is 3.07. The van der Waals surface area contributed by atoms with Crippen LogP contribution in [-0.2, 0) is 11.2 Å². The van der Waals surface area contributed by atoms with E-state index in [9.17, 15) is 0 Å². The zero-order valence-corrected chi connectivity index (χ0v) is 15.2. The maximum Gasteiger partial charge on any atom is 0.193 e. The molecule has 0 spiro atoms. The van der Waals surface area contributed by atoms with Crippen molar-refractivity contribution in [2.45, 2.75) is 25.7 Å². The molecule has 25 heavy (non-hydrogen) atoms. The summed E-state index contributed by atoms with van der Waals surface area (Å²) in [6, 6.07) is 5.94. The fraction of sp³-hybridized carbons (Fsp3) is 0.611. The van der Waals surface area contributed by atoms with Crippen LogP contribution in [0.3, 0.4) is 0 Å². The highest BCUT2D eigenvalue weighted by molar-refractivity contribution is 5.79. The van der Waals surface area contributed by atoms with Crippen LogP contribution < -0.4 is 5.32 Å². The Bertz CT molecular complexity index is 692. The van der Waals surface area contributed by atoms with Crippen molar-refractivity contribution in [2.75, 3.05) is 40.4 Å². The smallest absolute Gasteiger partial charge is 0.193 e. The molecule has 2 aromatic rings. The van der Waals surface area contributed by atoms with E-state index < -0.39 is 0 Å². The molecular weight excluding hydrogens is 316 g/mol. The first-order valence-corrected chi connectivity index (χ1v) is 9.06. The molecule has 0 amide bonds. The number of nitrogens with one attached hydrogen (secondary N) is 1. The summed E-state index contributed by atoms with van der Waals surface area (Å²) in [7, 11) is 3.93. The number of guanidine groups is 1. The van der Waals surface area contributed by atoms with Crippen molar-refractivity contribution in [1.29, 1.82) is 0 Å². The van der Waals surface area contributed by atoms with Crippen molar-refractivity contribution in [3.8, 4) is 0 Å². The van der Waals surface area contributed by atoms with E-state index in [1.54, 1.807) is 0 Å². The lowest BCUT2D eigenvalue weighted by molar-refractivity contribution is 0.0625. The molecule has 7 heteroatoms. The van der Waals surface area contributed by atoms with Crippen molar-refractivity contribution >= 4 is 11.6 Å². The third-order valence-electron chi connectivity index (χ3n) is 4.80. The van der Waals surface area contributed by atoms with Crippen molar-refractivity contribution in [3.63, 3.8) is 0 Å². The third-order valence-corrected chi connectivity index (χ3v) is 4.80. The Morgan fingerprint density at radius 3 is 3.00 bits per heavy atom. The summed E-state index contributed by atoms with van der Waals surface area (Å²) >= 11 is 0. The minimum absolute atomic E-state index is 0.775. The van der Waals surface area contributed by atoms with Crippen LogP contribution in [0.4, 0.5) is 0 Å². The number of aromatic nitrogens is 3. The second-order valence-electron chi connectivity index (χ2n) is 6.54. The minimum Gasteiger partial charge on any atom is -0.381 e. The van der Waals surface area contributed by atoms with Gasteiger partial charge in [-0.05, 0) is 37.3 Å². The van der Waals surface area contributed by atoms with Gasteiger partial charge in [0.2, 0.25) is 0 Å². The Hall–Kier alpha value is -2.15. The zero-order chi connectivity index (χ0) is 17.5. The van der Waals surface area contributed by atoms with Gasteiger partial charge in [-0.15, -0.1) is 10.2 Å². The van der Waals surface area contributed by atoms with Crippen LogP contribution in [0.25, 0.3) is 5.65 Å². The van der Waals surface area contributed by atoms with Gasteiger partial charge < -0.3 is 15.0 Å². The summed E-state index contributed by atoms with van der Waals surface area (Å²) in [5.41, 5.74) is 0.885. The SMILES string of the molecule is CN=C(NCCc1nnc2ccccn12)N(C)CCC1CCOCC1. The van der Waals surface area contributed by atoms with Gasteiger partial charge >= 0.3 is 0 Å². The Morgan fingerprint density at radius 2 is 2.20 bits per heavy atom. The van der Waals surface area contributed by atoms with Gasteiger partial charge in [-0.2, -0.15) is 0 Å². The van der Waals surface area contributed by atoms with Gasteiger partial charge in [-0.25, -0.2) is 0 Å². The standard InChI is InChI=1S/C18H28N6O/c1-19-18(23(2)12-7-15-8-13-25-14-9-15)20-10-6-17-22-21-16-5-3-4-11-24(16)17/h3-5,11,15H,6-10,12-14H2,1-2H3,(H,19,20). The van der Waals surface area contributed by atoms with Gasteiger partial charge in [0, 0.05) is 53.0 Å². The molecular formula is C18H28N6O. The van der Waals surface area contributed by atoms with E-state index in [4.69, 9.17) is 4.74 Å². The molecule has 1 saturated heterocycles. The zero-order valence-electron chi connectivity index (χ0n) is 15.2. The second-order valence-corrected chi connectivity index (χ2v) is 6.54. The second kappa shape index (κ2) is 8.80. The largest absolute Gasteiger partial charge is 0.381 e. The molecule has 0 unspecified atom stereocenters. The van der Waals surface area contributed by atoms with Gasteiger partial charge in [-0.1, -0.05) is 6.07 Å². The van der Waals surface area contributed by atoms with Crippen LogP contribution in [0.15, 0.2) is 29.4 Å². The number of fused-ring (bicyclic) bond motifs is 1. The fourth-order valence-corrected chi connectivity index (χ4v) is 3.25. The lowest BCUT2D eigenvalue weighted by atomic mass is 9.96. The molecule has 0 atom stereocenters.